The number of rotatable bonds is 4. The summed E-state index contributed by atoms with van der Waals surface area (Å²) in [7, 11) is 0. The molecule has 1 aliphatic carbocycles. The lowest BCUT2D eigenvalue weighted by Gasteiger charge is -2.17. The van der Waals surface area contributed by atoms with Crippen molar-refractivity contribution in [1.29, 1.82) is 0 Å². The molecule has 0 amide bonds. The zero-order valence-corrected chi connectivity index (χ0v) is 15.9. The van der Waals surface area contributed by atoms with Crippen LogP contribution in [0.3, 0.4) is 0 Å². The highest BCUT2D eigenvalue weighted by Gasteiger charge is 2.23. The van der Waals surface area contributed by atoms with Crippen molar-refractivity contribution in [2.24, 2.45) is 5.92 Å². The Hall–Kier alpha value is -2.12. The smallest absolute Gasteiger partial charge is 0.335 e. The van der Waals surface area contributed by atoms with Gasteiger partial charge in [0.05, 0.1) is 10.9 Å². The van der Waals surface area contributed by atoms with Crippen LogP contribution in [0.15, 0.2) is 34.2 Å². The molecule has 1 aliphatic rings. The SMILES string of the molecule is CC1CCc2c(sc3nc(SCc4ccc(C(=O)O)cc4)[nH]c(=O)c23)C1. The number of aromatic carboxylic acids is 1. The van der Waals surface area contributed by atoms with Crippen LogP contribution in [0.25, 0.3) is 10.2 Å². The molecule has 0 spiro atoms. The van der Waals surface area contributed by atoms with E-state index >= 15 is 0 Å². The van der Waals surface area contributed by atoms with Gasteiger partial charge in [-0.15, -0.1) is 11.3 Å². The van der Waals surface area contributed by atoms with E-state index < -0.39 is 5.97 Å². The molecule has 0 radical (unpaired) electrons. The second-order valence-corrected chi connectivity index (χ2v) is 8.74. The van der Waals surface area contributed by atoms with Crippen LogP contribution in [0, 0.1) is 5.92 Å². The summed E-state index contributed by atoms with van der Waals surface area (Å²) in [6.07, 6.45) is 3.12. The number of carbonyl (C=O) groups is 1. The lowest BCUT2D eigenvalue weighted by atomic mass is 9.89. The van der Waals surface area contributed by atoms with E-state index in [1.54, 1.807) is 35.6 Å². The largest absolute Gasteiger partial charge is 0.478 e. The summed E-state index contributed by atoms with van der Waals surface area (Å²) < 4.78 is 0. The summed E-state index contributed by atoms with van der Waals surface area (Å²) in [5.74, 6) is 0.352. The number of aromatic amines is 1. The molecule has 1 unspecified atom stereocenters. The Morgan fingerprint density at radius 1 is 1.38 bits per heavy atom. The Morgan fingerprint density at radius 3 is 2.88 bits per heavy atom. The predicted octanol–water partition coefficient (Wildman–Crippen LogP) is 4.10. The zero-order valence-electron chi connectivity index (χ0n) is 14.2. The second-order valence-electron chi connectivity index (χ2n) is 6.69. The minimum Gasteiger partial charge on any atom is -0.478 e. The summed E-state index contributed by atoms with van der Waals surface area (Å²) >= 11 is 3.10. The maximum absolute atomic E-state index is 12.6. The first-order valence-electron chi connectivity index (χ1n) is 8.51. The monoisotopic (exact) mass is 386 g/mol. The van der Waals surface area contributed by atoms with Crippen LogP contribution in [0.1, 0.15) is 39.7 Å². The number of nitrogens with zero attached hydrogens (tertiary/aromatic N) is 1. The number of aromatic nitrogens is 2. The Bertz CT molecular complexity index is 1040. The molecule has 2 N–H and O–H groups in total. The molecule has 0 saturated carbocycles. The first-order chi connectivity index (χ1) is 12.5. The lowest BCUT2D eigenvalue weighted by molar-refractivity contribution is 0.0697. The third-order valence-electron chi connectivity index (χ3n) is 4.72. The molecule has 0 aliphatic heterocycles. The number of carboxylic acid groups (broad SMARTS) is 1. The average Bonchev–Trinajstić information content (AvgIpc) is 2.98. The molecule has 1 aromatic carbocycles. The highest BCUT2D eigenvalue weighted by molar-refractivity contribution is 7.98. The number of H-pyrrole nitrogens is 1. The van der Waals surface area contributed by atoms with Crippen LogP contribution in [0.2, 0.25) is 0 Å². The van der Waals surface area contributed by atoms with Crippen molar-refractivity contribution in [3.8, 4) is 0 Å². The fourth-order valence-corrected chi connectivity index (χ4v) is 5.55. The van der Waals surface area contributed by atoms with E-state index in [2.05, 4.69) is 16.9 Å². The van der Waals surface area contributed by atoms with Crippen LogP contribution in [-0.4, -0.2) is 21.0 Å². The highest BCUT2D eigenvalue weighted by atomic mass is 32.2. The van der Waals surface area contributed by atoms with Crippen LogP contribution in [-0.2, 0) is 18.6 Å². The van der Waals surface area contributed by atoms with E-state index in [1.165, 1.54) is 22.2 Å². The first kappa shape index (κ1) is 17.3. The third kappa shape index (κ3) is 3.29. The van der Waals surface area contributed by atoms with Gasteiger partial charge in [0, 0.05) is 10.6 Å². The number of thiophene rings is 1. The number of thioether (sulfide) groups is 1. The van der Waals surface area contributed by atoms with Crippen LogP contribution in [0.5, 0.6) is 0 Å². The van der Waals surface area contributed by atoms with Crippen molar-refractivity contribution in [3.05, 3.63) is 56.2 Å². The average molecular weight is 386 g/mol. The van der Waals surface area contributed by atoms with Gasteiger partial charge in [-0.05, 0) is 48.4 Å². The van der Waals surface area contributed by atoms with Crippen LogP contribution < -0.4 is 5.56 Å². The second kappa shape index (κ2) is 6.89. The number of nitrogens with one attached hydrogen (secondary N) is 1. The van der Waals surface area contributed by atoms with Gasteiger partial charge in [0.1, 0.15) is 4.83 Å². The van der Waals surface area contributed by atoms with Crippen LogP contribution in [0.4, 0.5) is 0 Å². The standard InChI is InChI=1S/C19H18N2O3S2/c1-10-2-7-13-14(8-10)26-17-15(13)16(22)20-19(21-17)25-9-11-3-5-12(6-4-11)18(23)24/h3-6,10H,2,7-9H2,1H3,(H,23,24)(H,20,21,22). The molecule has 2 heterocycles. The summed E-state index contributed by atoms with van der Waals surface area (Å²) in [6.45, 7) is 2.25. The van der Waals surface area contributed by atoms with E-state index in [1.807, 2.05) is 0 Å². The number of hydrogen-bond acceptors (Lipinski definition) is 5. The highest BCUT2D eigenvalue weighted by Crippen LogP contribution is 2.36. The van der Waals surface area contributed by atoms with E-state index in [-0.39, 0.29) is 11.1 Å². The van der Waals surface area contributed by atoms with Gasteiger partial charge in [0.15, 0.2) is 5.16 Å². The van der Waals surface area contributed by atoms with E-state index in [9.17, 15) is 9.59 Å². The molecular formula is C19H18N2O3S2. The molecule has 0 saturated heterocycles. The van der Waals surface area contributed by atoms with Crippen molar-refractivity contribution in [1.82, 2.24) is 9.97 Å². The molecule has 7 heteroatoms. The Morgan fingerprint density at radius 2 is 2.15 bits per heavy atom. The van der Waals surface area contributed by atoms with Crippen LogP contribution >= 0.6 is 23.1 Å². The molecular weight excluding hydrogens is 368 g/mol. The summed E-state index contributed by atoms with van der Waals surface area (Å²) in [4.78, 5) is 33.2. The van der Waals surface area contributed by atoms with Gasteiger partial charge < -0.3 is 10.1 Å². The van der Waals surface area contributed by atoms with E-state index in [0.29, 0.717) is 16.8 Å². The van der Waals surface area contributed by atoms with Crippen molar-refractivity contribution in [2.75, 3.05) is 0 Å². The third-order valence-corrected chi connectivity index (χ3v) is 6.81. The number of benzene rings is 1. The maximum Gasteiger partial charge on any atom is 0.335 e. The Labute approximate surface area is 158 Å². The molecule has 2 aromatic heterocycles. The van der Waals surface area contributed by atoms with Crippen molar-refractivity contribution in [3.63, 3.8) is 0 Å². The topological polar surface area (TPSA) is 83.0 Å². The molecule has 5 nitrogen and oxygen atoms in total. The zero-order chi connectivity index (χ0) is 18.3. The van der Waals surface area contributed by atoms with Gasteiger partial charge in [0.25, 0.3) is 5.56 Å². The molecule has 26 heavy (non-hydrogen) atoms. The fraction of sp³-hybridized carbons (Fsp3) is 0.316. The van der Waals surface area contributed by atoms with E-state index in [0.717, 1.165) is 35.0 Å². The maximum atomic E-state index is 12.6. The normalized spacial score (nSPS) is 16.6. The summed E-state index contributed by atoms with van der Waals surface area (Å²) in [5.41, 5.74) is 2.40. The van der Waals surface area contributed by atoms with Gasteiger partial charge in [-0.1, -0.05) is 30.8 Å². The van der Waals surface area contributed by atoms with Gasteiger partial charge in [-0.2, -0.15) is 0 Å². The fourth-order valence-electron chi connectivity index (χ4n) is 3.29. The Kier molecular flexibility index (Phi) is 4.58. The van der Waals surface area contributed by atoms with Gasteiger partial charge in [0.2, 0.25) is 0 Å². The first-order valence-corrected chi connectivity index (χ1v) is 10.3. The minimum atomic E-state index is -0.934. The molecule has 0 bridgehead atoms. The lowest BCUT2D eigenvalue weighted by Crippen LogP contribution is -2.13. The quantitative estimate of drug-likeness (QED) is 0.521. The molecule has 0 fully saturated rings. The summed E-state index contributed by atoms with van der Waals surface area (Å²) in [5, 5.41) is 10.3. The molecule has 3 aromatic rings. The van der Waals surface area contributed by atoms with Crippen molar-refractivity contribution in [2.45, 2.75) is 37.1 Å². The van der Waals surface area contributed by atoms with Gasteiger partial charge >= 0.3 is 5.97 Å². The number of carboxylic acids is 1. The Balaban J connectivity index is 1.57. The predicted molar refractivity (Wildman–Crippen MR) is 104 cm³/mol. The number of hydrogen-bond donors (Lipinski definition) is 2. The van der Waals surface area contributed by atoms with Crippen molar-refractivity contribution < 1.29 is 9.90 Å². The number of aryl methyl sites for hydroxylation is 1. The molecule has 4 rings (SSSR count). The molecule has 134 valence electrons. The van der Waals surface area contributed by atoms with Gasteiger partial charge in [-0.25, -0.2) is 9.78 Å². The summed E-state index contributed by atoms with van der Waals surface area (Å²) in [6, 6.07) is 6.76. The van der Waals surface area contributed by atoms with Gasteiger partial charge in [-0.3, -0.25) is 4.79 Å². The number of fused-ring (bicyclic) bond motifs is 3. The van der Waals surface area contributed by atoms with Crippen molar-refractivity contribution >= 4 is 39.3 Å². The minimum absolute atomic E-state index is 0.0502. The van der Waals surface area contributed by atoms with E-state index in [4.69, 9.17) is 5.11 Å². The molecule has 1 atom stereocenters.